The van der Waals surface area contributed by atoms with Crippen LogP contribution < -0.4 is 15.8 Å². The zero-order valence-electron chi connectivity index (χ0n) is 13.1. The lowest BCUT2D eigenvalue weighted by atomic mass is 9.93. The van der Waals surface area contributed by atoms with Gasteiger partial charge in [-0.25, -0.2) is 0 Å². The topological polar surface area (TPSA) is 79.9 Å². The third-order valence-electron chi connectivity index (χ3n) is 4.97. The highest BCUT2D eigenvalue weighted by Gasteiger charge is 2.38. The lowest BCUT2D eigenvalue weighted by molar-refractivity contribution is 0.0186. The molecular formula is C17H25N3O2. The van der Waals surface area contributed by atoms with E-state index in [-0.39, 0.29) is 12.0 Å². The molecule has 0 radical (unpaired) electrons. The van der Waals surface area contributed by atoms with Gasteiger partial charge in [0.05, 0.1) is 24.8 Å². The Hall–Kier alpha value is -1.75. The quantitative estimate of drug-likeness (QED) is 0.589. The van der Waals surface area contributed by atoms with E-state index >= 15 is 0 Å². The average Bonchev–Trinajstić information content (AvgIpc) is 2.86. The van der Waals surface area contributed by atoms with Crippen molar-refractivity contribution in [2.45, 2.75) is 44.2 Å². The lowest BCUT2D eigenvalue weighted by Crippen LogP contribution is -2.40. The Morgan fingerprint density at radius 1 is 1.45 bits per heavy atom. The number of rotatable bonds is 3. The van der Waals surface area contributed by atoms with Gasteiger partial charge in [0.15, 0.2) is 5.96 Å². The summed E-state index contributed by atoms with van der Waals surface area (Å²) < 4.78 is 5.65. The number of para-hydroxylation sites is 1. The second-order valence-electron chi connectivity index (χ2n) is 6.47. The molecule has 3 unspecified atom stereocenters. The van der Waals surface area contributed by atoms with Crippen molar-refractivity contribution in [3.63, 3.8) is 0 Å². The molecule has 1 aromatic rings. The van der Waals surface area contributed by atoms with Crippen LogP contribution in [0.2, 0.25) is 0 Å². The molecule has 1 heterocycles. The van der Waals surface area contributed by atoms with Gasteiger partial charge in [0.25, 0.3) is 0 Å². The number of hydrogen-bond acceptors (Lipinski definition) is 3. The van der Waals surface area contributed by atoms with Crippen LogP contribution in [0.15, 0.2) is 29.3 Å². The molecule has 1 saturated carbocycles. The van der Waals surface area contributed by atoms with E-state index in [0.29, 0.717) is 19.1 Å². The highest BCUT2D eigenvalue weighted by molar-refractivity contribution is 5.78. The molecule has 1 fully saturated rings. The van der Waals surface area contributed by atoms with Crippen molar-refractivity contribution in [1.29, 1.82) is 0 Å². The van der Waals surface area contributed by atoms with Crippen LogP contribution in [0.3, 0.4) is 0 Å². The van der Waals surface area contributed by atoms with E-state index in [0.717, 1.165) is 37.0 Å². The summed E-state index contributed by atoms with van der Waals surface area (Å²) in [5.41, 5.74) is 6.45. The molecule has 5 heteroatoms. The second-order valence-corrected chi connectivity index (χ2v) is 6.47. The summed E-state index contributed by atoms with van der Waals surface area (Å²) in [6.07, 6.45) is 3.79. The summed E-state index contributed by atoms with van der Waals surface area (Å²) in [7, 11) is 0. The number of guanidine groups is 1. The first kappa shape index (κ1) is 15.2. The van der Waals surface area contributed by atoms with E-state index in [1.807, 2.05) is 24.3 Å². The van der Waals surface area contributed by atoms with Crippen molar-refractivity contribution in [3.8, 4) is 5.75 Å². The molecule has 5 nitrogen and oxygen atoms in total. The van der Waals surface area contributed by atoms with Gasteiger partial charge in [-0.05, 0) is 24.8 Å². The molecule has 4 N–H and O–H groups in total. The number of hydrogen-bond donors (Lipinski definition) is 3. The van der Waals surface area contributed by atoms with Crippen molar-refractivity contribution in [1.82, 2.24) is 5.32 Å². The highest BCUT2D eigenvalue weighted by atomic mass is 16.5. The normalized spacial score (nSPS) is 31.5. The fraction of sp³-hybridized carbons (Fsp3) is 0.588. The molecule has 22 heavy (non-hydrogen) atoms. The summed E-state index contributed by atoms with van der Waals surface area (Å²) in [5, 5.41) is 13.8. The standard InChI is InChI=1S/C17H25N3O2/c1-12-5-4-9-17(12,21)11-19-16(18)20-14-8-10-22-15-7-3-2-6-13(14)15/h2-3,6-7,12,14,21H,4-5,8-11H2,1H3,(H3,18,19,20). The number of aliphatic imine (C=N–C) groups is 1. The Bertz CT molecular complexity index is 561. The Labute approximate surface area is 131 Å². The second kappa shape index (κ2) is 6.16. The van der Waals surface area contributed by atoms with Gasteiger partial charge in [0.1, 0.15) is 5.75 Å². The molecule has 0 aromatic heterocycles. The van der Waals surface area contributed by atoms with E-state index in [2.05, 4.69) is 17.2 Å². The average molecular weight is 303 g/mol. The van der Waals surface area contributed by atoms with Crippen LogP contribution in [0.4, 0.5) is 0 Å². The monoisotopic (exact) mass is 303 g/mol. The van der Waals surface area contributed by atoms with Crippen LogP contribution >= 0.6 is 0 Å². The number of ether oxygens (including phenoxy) is 1. The highest BCUT2D eigenvalue weighted by Crippen LogP contribution is 2.35. The first-order valence-electron chi connectivity index (χ1n) is 8.09. The number of nitrogens with one attached hydrogen (secondary N) is 1. The smallest absolute Gasteiger partial charge is 0.189 e. The predicted octanol–water partition coefficient (Wildman–Crippen LogP) is 1.97. The van der Waals surface area contributed by atoms with Gasteiger partial charge in [-0.15, -0.1) is 0 Å². The predicted molar refractivity (Wildman–Crippen MR) is 86.9 cm³/mol. The Kier molecular flexibility index (Phi) is 4.25. The van der Waals surface area contributed by atoms with Crippen molar-refractivity contribution >= 4 is 5.96 Å². The lowest BCUT2D eigenvalue weighted by Gasteiger charge is -2.28. The van der Waals surface area contributed by atoms with Crippen LogP contribution in [0.1, 0.15) is 44.2 Å². The minimum atomic E-state index is -0.695. The van der Waals surface area contributed by atoms with E-state index in [9.17, 15) is 5.11 Å². The molecule has 0 spiro atoms. The summed E-state index contributed by atoms with van der Waals surface area (Å²) in [4.78, 5) is 4.39. The van der Waals surface area contributed by atoms with Gasteiger partial charge in [0, 0.05) is 12.0 Å². The third kappa shape index (κ3) is 3.04. The van der Waals surface area contributed by atoms with E-state index < -0.39 is 5.60 Å². The molecule has 1 aliphatic carbocycles. The third-order valence-corrected chi connectivity index (χ3v) is 4.97. The van der Waals surface area contributed by atoms with E-state index in [4.69, 9.17) is 10.5 Å². The maximum Gasteiger partial charge on any atom is 0.189 e. The summed E-state index contributed by atoms with van der Waals surface area (Å²) in [6.45, 7) is 3.13. The van der Waals surface area contributed by atoms with Crippen LogP contribution in [0, 0.1) is 5.92 Å². The van der Waals surface area contributed by atoms with Gasteiger partial charge in [-0.2, -0.15) is 0 Å². The van der Waals surface area contributed by atoms with Gasteiger partial charge in [-0.1, -0.05) is 31.5 Å². The first-order chi connectivity index (χ1) is 10.6. The van der Waals surface area contributed by atoms with Crippen LogP contribution in [-0.4, -0.2) is 29.8 Å². The van der Waals surface area contributed by atoms with Crippen LogP contribution in [0.25, 0.3) is 0 Å². The van der Waals surface area contributed by atoms with Gasteiger partial charge in [0.2, 0.25) is 0 Å². The number of aliphatic hydroxyl groups is 1. The molecule has 2 aliphatic rings. The van der Waals surface area contributed by atoms with Crippen molar-refractivity contribution < 1.29 is 9.84 Å². The van der Waals surface area contributed by atoms with Gasteiger partial charge >= 0.3 is 0 Å². The minimum absolute atomic E-state index is 0.115. The summed E-state index contributed by atoms with van der Waals surface area (Å²) >= 11 is 0. The molecule has 0 amide bonds. The van der Waals surface area contributed by atoms with Gasteiger partial charge in [-0.3, -0.25) is 4.99 Å². The minimum Gasteiger partial charge on any atom is -0.493 e. The number of fused-ring (bicyclic) bond motifs is 1. The van der Waals surface area contributed by atoms with Crippen molar-refractivity contribution in [2.75, 3.05) is 13.2 Å². The zero-order valence-corrected chi connectivity index (χ0v) is 13.1. The molecule has 1 aromatic carbocycles. The Morgan fingerprint density at radius 3 is 3.05 bits per heavy atom. The largest absolute Gasteiger partial charge is 0.493 e. The number of nitrogens with two attached hydrogens (primary N) is 1. The SMILES string of the molecule is CC1CCCC1(O)CN=C(N)NC1CCOc2ccccc21. The Morgan fingerprint density at radius 2 is 2.27 bits per heavy atom. The molecule has 0 bridgehead atoms. The molecule has 0 saturated heterocycles. The fourth-order valence-corrected chi connectivity index (χ4v) is 3.40. The van der Waals surface area contributed by atoms with Crippen LogP contribution in [0.5, 0.6) is 5.75 Å². The van der Waals surface area contributed by atoms with Crippen molar-refractivity contribution in [2.24, 2.45) is 16.6 Å². The Balaban J connectivity index is 1.65. The van der Waals surface area contributed by atoms with E-state index in [1.54, 1.807) is 0 Å². The number of nitrogens with zero attached hydrogens (tertiary/aromatic N) is 1. The maximum absolute atomic E-state index is 10.6. The van der Waals surface area contributed by atoms with Gasteiger partial charge < -0.3 is 20.9 Å². The molecule has 3 atom stereocenters. The summed E-state index contributed by atoms with van der Waals surface area (Å²) in [6, 6.07) is 8.10. The summed E-state index contributed by atoms with van der Waals surface area (Å²) in [5.74, 6) is 1.59. The molecule has 120 valence electrons. The van der Waals surface area contributed by atoms with Crippen LogP contribution in [-0.2, 0) is 0 Å². The zero-order chi connectivity index (χ0) is 15.6. The van der Waals surface area contributed by atoms with E-state index in [1.165, 1.54) is 0 Å². The molecular weight excluding hydrogens is 278 g/mol. The first-order valence-corrected chi connectivity index (χ1v) is 8.09. The number of benzene rings is 1. The molecule has 3 rings (SSSR count). The maximum atomic E-state index is 10.6. The van der Waals surface area contributed by atoms with Crippen molar-refractivity contribution in [3.05, 3.63) is 29.8 Å². The molecule has 1 aliphatic heterocycles. The fourth-order valence-electron chi connectivity index (χ4n) is 3.40.